The molecule has 1 heterocycles. The van der Waals surface area contributed by atoms with Gasteiger partial charge < -0.3 is 15.7 Å². The molecule has 19 heavy (non-hydrogen) atoms. The van der Waals surface area contributed by atoms with Crippen LogP contribution in [0.2, 0.25) is 0 Å². The van der Waals surface area contributed by atoms with Crippen molar-refractivity contribution in [1.82, 2.24) is 10.3 Å². The number of pyridine rings is 1. The van der Waals surface area contributed by atoms with E-state index in [1.807, 2.05) is 13.2 Å². The molecule has 0 spiro atoms. The van der Waals surface area contributed by atoms with E-state index in [9.17, 15) is 9.59 Å². The lowest BCUT2D eigenvalue weighted by atomic mass is 10.2. The number of aromatic nitrogens is 1. The molecule has 2 amide bonds. The fraction of sp³-hybridized carbons (Fsp3) is 0.417. The first-order valence-electron chi connectivity index (χ1n) is 5.76. The van der Waals surface area contributed by atoms with E-state index >= 15 is 0 Å². The van der Waals surface area contributed by atoms with E-state index in [0.29, 0.717) is 12.5 Å². The van der Waals surface area contributed by atoms with Gasteiger partial charge in [0.05, 0.1) is 5.69 Å². The Morgan fingerprint density at radius 2 is 2.26 bits per heavy atom. The summed E-state index contributed by atoms with van der Waals surface area (Å²) in [4.78, 5) is 26.3. The number of carboxylic acids is 1. The Kier molecular flexibility index (Phi) is 6.14. The molecule has 0 bridgehead atoms. The van der Waals surface area contributed by atoms with Crippen molar-refractivity contribution in [2.24, 2.45) is 5.92 Å². The van der Waals surface area contributed by atoms with Crippen LogP contribution in [0.5, 0.6) is 0 Å². The van der Waals surface area contributed by atoms with E-state index < -0.39 is 12.0 Å². The van der Waals surface area contributed by atoms with Crippen LogP contribution in [0.15, 0.2) is 18.3 Å². The summed E-state index contributed by atoms with van der Waals surface area (Å²) in [5, 5.41) is 14.1. The lowest BCUT2D eigenvalue weighted by Crippen LogP contribution is -2.33. The van der Waals surface area contributed by atoms with Gasteiger partial charge in [-0.15, -0.1) is 0 Å². The molecule has 3 N–H and O–H groups in total. The summed E-state index contributed by atoms with van der Waals surface area (Å²) in [7, 11) is 0. The van der Waals surface area contributed by atoms with Gasteiger partial charge in [-0.05, 0) is 30.1 Å². The number of thioether (sulfide) groups is 1. The molecule has 1 unspecified atom stereocenters. The highest BCUT2D eigenvalue weighted by Crippen LogP contribution is 2.11. The lowest BCUT2D eigenvalue weighted by Gasteiger charge is -2.12. The van der Waals surface area contributed by atoms with Gasteiger partial charge in [-0.2, -0.15) is 11.8 Å². The molecule has 1 rings (SSSR count). The van der Waals surface area contributed by atoms with Gasteiger partial charge >= 0.3 is 12.0 Å². The molecule has 0 aliphatic heterocycles. The maximum atomic E-state index is 11.6. The number of urea groups is 1. The van der Waals surface area contributed by atoms with Gasteiger partial charge in [0.15, 0.2) is 5.69 Å². The molecular formula is C12H17N3O3S. The number of carboxylic acid groups (broad SMARTS) is 1. The Bertz CT molecular complexity index is 454. The van der Waals surface area contributed by atoms with Crippen LogP contribution in [0.1, 0.15) is 17.4 Å². The predicted molar refractivity (Wildman–Crippen MR) is 75.8 cm³/mol. The van der Waals surface area contributed by atoms with E-state index in [-0.39, 0.29) is 11.4 Å². The number of hydrogen-bond donors (Lipinski definition) is 3. The summed E-state index contributed by atoms with van der Waals surface area (Å²) in [5.74, 6) is 0.133. The van der Waals surface area contributed by atoms with Crippen LogP contribution in [-0.4, -0.2) is 40.6 Å². The van der Waals surface area contributed by atoms with Crippen molar-refractivity contribution in [2.45, 2.75) is 6.92 Å². The summed E-state index contributed by atoms with van der Waals surface area (Å²) in [6, 6.07) is 2.64. The summed E-state index contributed by atoms with van der Waals surface area (Å²) in [6.07, 6.45) is 3.37. The van der Waals surface area contributed by atoms with Crippen LogP contribution in [0.25, 0.3) is 0 Å². The van der Waals surface area contributed by atoms with Crippen molar-refractivity contribution in [3.63, 3.8) is 0 Å². The number of hydrogen-bond acceptors (Lipinski definition) is 4. The molecule has 6 nitrogen and oxygen atoms in total. The number of nitrogens with zero attached hydrogens (tertiary/aromatic N) is 1. The number of amides is 2. The SMILES string of the molecule is CSCC(C)CNC(=O)Nc1cccnc1C(=O)O. The lowest BCUT2D eigenvalue weighted by molar-refractivity contribution is 0.0692. The number of nitrogens with one attached hydrogen (secondary N) is 2. The van der Waals surface area contributed by atoms with Crippen LogP contribution in [0, 0.1) is 5.92 Å². The highest BCUT2D eigenvalue weighted by atomic mass is 32.2. The molecule has 0 saturated carbocycles. The Hall–Kier alpha value is -1.76. The summed E-state index contributed by atoms with van der Waals surface area (Å²) in [6.45, 7) is 2.57. The van der Waals surface area contributed by atoms with Crippen molar-refractivity contribution < 1.29 is 14.7 Å². The van der Waals surface area contributed by atoms with Crippen LogP contribution in [0.3, 0.4) is 0 Å². The van der Waals surface area contributed by atoms with Crippen molar-refractivity contribution >= 4 is 29.4 Å². The first kappa shape index (κ1) is 15.3. The first-order chi connectivity index (χ1) is 9.04. The normalized spacial score (nSPS) is 11.7. The maximum absolute atomic E-state index is 11.6. The zero-order valence-electron chi connectivity index (χ0n) is 10.8. The minimum atomic E-state index is -1.17. The van der Waals surface area contributed by atoms with E-state index in [1.54, 1.807) is 17.8 Å². The zero-order valence-corrected chi connectivity index (χ0v) is 11.7. The van der Waals surface area contributed by atoms with Crippen molar-refractivity contribution in [1.29, 1.82) is 0 Å². The summed E-state index contributed by atoms with van der Waals surface area (Å²) >= 11 is 1.71. The standard InChI is InChI=1S/C12H17N3O3S/c1-8(7-19-2)6-14-12(18)15-9-4-3-5-13-10(9)11(16)17/h3-5,8H,6-7H2,1-2H3,(H,16,17)(H2,14,15,18). The molecule has 1 aromatic heterocycles. The second-order valence-corrected chi connectivity index (χ2v) is 5.01. The van der Waals surface area contributed by atoms with Gasteiger partial charge in [0.2, 0.25) is 0 Å². The second-order valence-electron chi connectivity index (χ2n) is 4.10. The molecule has 0 aromatic carbocycles. The third kappa shape index (κ3) is 5.17. The summed E-state index contributed by atoms with van der Waals surface area (Å²) < 4.78 is 0. The molecule has 7 heteroatoms. The molecule has 0 saturated heterocycles. The molecule has 0 aliphatic carbocycles. The van der Waals surface area contributed by atoms with Crippen molar-refractivity contribution in [3.8, 4) is 0 Å². The smallest absolute Gasteiger partial charge is 0.356 e. The number of rotatable bonds is 6. The van der Waals surface area contributed by atoms with Gasteiger partial charge in [0.1, 0.15) is 0 Å². The molecule has 1 atom stereocenters. The van der Waals surface area contributed by atoms with E-state index in [4.69, 9.17) is 5.11 Å². The van der Waals surface area contributed by atoms with Crippen LogP contribution in [0.4, 0.5) is 10.5 Å². The van der Waals surface area contributed by atoms with Crippen LogP contribution in [-0.2, 0) is 0 Å². The van der Waals surface area contributed by atoms with E-state index in [2.05, 4.69) is 15.6 Å². The Balaban J connectivity index is 2.55. The first-order valence-corrected chi connectivity index (χ1v) is 7.16. The quantitative estimate of drug-likeness (QED) is 0.741. The van der Waals surface area contributed by atoms with Crippen molar-refractivity contribution in [3.05, 3.63) is 24.0 Å². The number of carbonyl (C=O) groups excluding carboxylic acids is 1. The molecular weight excluding hydrogens is 266 g/mol. The fourth-order valence-electron chi connectivity index (χ4n) is 1.45. The molecule has 0 aliphatic rings. The monoisotopic (exact) mass is 283 g/mol. The predicted octanol–water partition coefficient (Wildman–Crippen LogP) is 1.90. The molecule has 104 valence electrons. The Labute approximate surface area is 116 Å². The van der Waals surface area contributed by atoms with E-state index in [1.165, 1.54) is 12.3 Å². The minimum Gasteiger partial charge on any atom is -0.476 e. The van der Waals surface area contributed by atoms with Crippen LogP contribution >= 0.6 is 11.8 Å². The zero-order chi connectivity index (χ0) is 14.3. The minimum absolute atomic E-state index is 0.171. The van der Waals surface area contributed by atoms with Crippen molar-refractivity contribution in [2.75, 3.05) is 23.9 Å². The second kappa shape index (κ2) is 7.63. The molecule has 0 radical (unpaired) electrons. The average Bonchev–Trinajstić information content (AvgIpc) is 2.37. The largest absolute Gasteiger partial charge is 0.476 e. The summed E-state index contributed by atoms with van der Waals surface area (Å²) in [5.41, 5.74) is 0.0137. The van der Waals surface area contributed by atoms with Crippen LogP contribution < -0.4 is 10.6 Å². The van der Waals surface area contributed by atoms with Gasteiger partial charge in [0, 0.05) is 12.7 Å². The van der Waals surface area contributed by atoms with Gasteiger partial charge in [-0.3, -0.25) is 0 Å². The number of aromatic carboxylic acids is 1. The fourth-order valence-corrected chi connectivity index (χ4v) is 2.14. The average molecular weight is 283 g/mol. The maximum Gasteiger partial charge on any atom is 0.356 e. The highest BCUT2D eigenvalue weighted by Gasteiger charge is 2.13. The topological polar surface area (TPSA) is 91.3 Å². The van der Waals surface area contributed by atoms with Gasteiger partial charge in [0.25, 0.3) is 0 Å². The van der Waals surface area contributed by atoms with Gasteiger partial charge in [-0.1, -0.05) is 6.92 Å². The number of anilines is 1. The Morgan fingerprint density at radius 3 is 2.89 bits per heavy atom. The highest BCUT2D eigenvalue weighted by molar-refractivity contribution is 7.98. The third-order valence-electron chi connectivity index (χ3n) is 2.32. The van der Waals surface area contributed by atoms with E-state index in [0.717, 1.165) is 5.75 Å². The third-order valence-corrected chi connectivity index (χ3v) is 3.22. The Morgan fingerprint density at radius 1 is 1.53 bits per heavy atom. The molecule has 1 aromatic rings. The molecule has 0 fully saturated rings. The number of carbonyl (C=O) groups is 2. The van der Waals surface area contributed by atoms with Gasteiger partial charge in [-0.25, -0.2) is 14.6 Å².